The van der Waals surface area contributed by atoms with Crippen LogP contribution in [0.5, 0.6) is 0 Å². The predicted octanol–water partition coefficient (Wildman–Crippen LogP) is 6.38. The van der Waals surface area contributed by atoms with Crippen molar-refractivity contribution in [2.45, 2.75) is 68.9 Å². The Bertz CT molecular complexity index is 1210. The summed E-state index contributed by atoms with van der Waals surface area (Å²) < 4.78 is 0. The van der Waals surface area contributed by atoms with E-state index in [2.05, 4.69) is 82.7 Å². The topological polar surface area (TPSA) is 55.8 Å². The minimum Gasteiger partial charge on any atom is -0.385 e. The van der Waals surface area contributed by atoms with Crippen molar-refractivity contribution in [1.82, 2.24) is 15.1 Å². The van der Waals surface area contributed by atoms with E-state index in [4.69, 9.17) is 11.6 Å². The highest BCUT2D eigenvalue weighted by Gasteiger charge is 2.38. The van der Waals surface area contributed by atoms with Gasteiger partial charge in [0.1, 0.15) is 0 Å². The lowest BCUT2D eigenvalue weighted by molar-refractivity contribution is -0.123. The average Bonchev–Trinajstić information content (AvgIpc) is 3.03. The number of halogens is 1. The highest BCUT2D eigenvalue weighted by Crippen LogP contribution is 2.41. The van der Waals surface area contributed by atoms with Gasteiger partial charge in [0.15, 0.2) is 0 Å². The first-order valence-corrected chi connectivity index (χ1v) is 16.1. The van der Waals surface area contributed by atoms with E-state index in [0.717, 1.165) is 70.5 Å². The summed E-state index contributed by atoms with van der Waals surface area (Å²) in [5, 5.41) is 15.5. The number of carbonyl (C=O) groups excluding carboxylic acids is 1. The Morgan fingerprint density at radius 1 is 0.881 bits per heavy atom. The van der Waals surface area contributed by atoms with E-state index in [1.54, 1.807) is 0 Å². The first kappa shape index (κ1) is 30.7. The van der Waals surface area contributed by atoms with E-state index in [1.165, 1.54) is 11.1 Å². The third kappa shape index (κ3) is 7.44. The highest BCUT2D eigenvalue weighted by atomic mass is 35.5. The van der Waals surface area contributed by atoms with Crippen LogP contribution < -0.4 is 5.32 Å². The molecule has 0 radical (unpaired) electrons. The molecule has 2 N–H and O–H groups in total. The van der Waals surface area contributed by atoms with E-state index >= 15 is 0 Å². The Balaban J connectivity index is 1.28. The van der Waals surface area contributed by atoms with Crippen LogP contribution in [0.15, 0.2) is 84.9 Å². The summed E-state index contributed by atoms with van der Waals surface area (Å²) >= 11 is 6.08. The van der Waals surface area contributed by atoms with Crippen LogP contribution in [0.4, 0.5) is 0 Å². The van der Waals surface area contributed by atoms with Crippen LogP contribution in [0.1, 0.15) is 68.6 Å². The van der Waals surface area contributed by atoms with Crippen molar-refractivity contribution in [3.8, 4) is 0 Å². The average molecular weight is 588 g/mol. The number of aliphatic hydroxyl groups is 1. The van der Waals surface area contributed by atoms with Crippen molar-refractivity contribution < 1.29 is 9.90 Å². The number of amides is 1. The largest absolute Gasteiger partial charge is 0.385 e. The molecule has 0 aromatic heterocycles. The molecule has 5 rings (SSSR count). The zero-order chi connectivity index (χ0) is 29.4. The third-order valence-electron chi connectivity index (χ3n) is 9.66. The quantitative estimate of drug-likeness (QED) is 0.273. The van der Waals surface area contributed by atoms with Crippen molar-refractivity contribution in [2.75, 3.05) is 39.3 Å². The first-order chi connectivity index (χ1) is 20.4. The summed E-state index contributed by atoms with van der Waals surface area (Å²) in [6.07, 6.45) is 5.71. The van der Waals surface area contributed by atoms with Crippen molar-refractivity contribution in [2.24, 2.45) is 0 Å². The maximum Gasteiger partial charge on any atom is 0.221 e. The molecule has 2 saturated heterocycles. The van der Waals surface area contributed by atoms with Gasteiger partial charge in [-0.15, -0.1) is 0 Å². The number of hydrogen-bond donors (Lipinski definition) is 2. The number of hydrogen-bond acceptors (Lipinski definition) is 4. The summed E-state index contributed by atoms with van der Waals surface area (Å²) in [4.78, 5) is 18.7. The first-order valence-electron chi connectivity index (χ1n) is 15.7. The number of nitrogens with one attached hydrogen (secondary N) is 1. The van der Waals surface area contributed by atoms with Crippen molar-refractivity contribution in [1.29, 1.82) is 0 Å². The van der Waals surface area contributed by atoms with Gasteiger partial charge >= 0.3 is 0 Å². The number of carbonyl (C=O) groups is 1. The molecule has 0 spiro atoms. The van der Waals surface area contributed by atoms with Gasteiger partial charge in [0.05, 0.1) is 5.60 Å². The van der Waals surface area contributed by atoms with E-state index in [0.29, 0.717) is 24.3 Å². The zero-order valence-corrected chi connectivity index (χ0v) is 25.7. The zero-order valence-electron chi connectivity index (χ0n) is 25.0. The molecular formula is C36H46ClN3O2. The second-order valence-corrected chi connectivity index (χ2v) is 12.7. The molecule has 2 aliphatic heterocycles. The molecule has 224 valence electrons. The molecule has 0 aliphatic carbocycles. The predicted molar refractivity (Wildman–Crippen MR) is 172 cm³/mol. The van der Waals surface area contributed by atoms with Crippen molar-refractivity contribution in [3.63, 3.8) is 0 Å². The van der Waals surface area contributed by atoms with Gasteiger partial charge in [0.25, 0.3) is 0 Å². The minimum atomic E-state index is -0.801. The molecule has 42 heavy (non-hydrogen) atoms. The Hall–Kier alpha value is -2.70. The number of benzene rings is 3. The van der Waals surface area contributed by atoms with Crippen LogP contribution >= 0.6 is 11.6 Å². The van der Waals surface area contributed by atoms with E-state index < -0.39 is 11.0 Å². The maximum absolute atomic E-state index is 13.7. The lowest BCUT2D eigenvalue weighted by Gasteiger charge is -2.40. The van der Waals surface area contributed by atoms with Crippen LogP contribution in [-0.4, -0.2) is 66.1 Å². The molecule has 5 nitrogen and oxygen atoms in total. The molecule has 2 aliphatic rings. The summed E-state index contributed by atoms with van der Waals surface area (Å²) in [5.74, 6) is 0.142. The van der Waals surface area contributed by atoms with Crippen LogP contribution in [0.25, 0.3) is 0 Å². The molecule has 0 saturated carbocycles. The third-order valence-corrected chi connectivity index (χ3v) is 9.91. The Labute approximate surface area is 256 Å². The molecule has 2 heterocycles. The lowest BCUT2D eigenvalue weighted by atomic mass is 9.68. The minimum absolute atomic E-state index is 0.142. The normalized spacial score (nSPS) is 18.5. The molecule has 1 amide bonds. The number of likely N-dealkylation sites (tertiary alicyclic amines) is 2. The lowest BCUT2D eigenvalue weighted by Crippen LogP contribution is -2.46. The maximum atomic E-state index is 13.7. The molecule has 6 heteroatoms. The van der Waals surface area contributed by atoms with Crippen LogP contribution in [0.3, 0.4) is 0 Å². The van der Waals surface area contributed by atoms with Gasteiger partial charge in [-0.05, 0) is 80.4 Å². The van der Waals surface area contributed by atoms with E-state index in [-0.39, 0.29) is 11.9 Å². The Morgan fingerprint density at radius 2 is 1.45 bits per heavy atom. The van der Waals surface area contributed by atoms with Gasteiger partial charge in [-0.3, -0.25) is 4.79 Å². The van der Waals surface area contributed by atoms with Gasteiger partial charge < -0.3 is 20.2 Å². The van der Waals surface area contributed by atoms with Gasteiger partial charge in [0, 0.05) is 49.1 Å². The number of piperidine rings is 2. The summed E-state index contributed by atoms with van der Waals surface area (Å²) in [7, 11) is 0. The van der Waals surface area contributed by atoms with E-state index in [9.17, 15) is 9.90 Å². The molecule has 0 bridgehead atoms. The van der Waals surface area contributed by atoms with Crippen LogP contribution in [0, 0.1) is 0 Å². The number of nitrogens with zero attached hydrogens (tertiary/aromatic N) is 2. The van der Waals surface area contributed by atoms with E-state index in [1.807, 2.05) is 24.3 Å². The standard InChI is InChI=1S/C36H46ClN3O2/c1-2-39-24-18-33(19-25-39)38-34(41)28-35(29-10-5-3-6-11-29,30-12-7-4-8-13-30)20-9-23-40-26-21-36(42,22-27-40)31-14-16-32(37)17-15-31/h3-8,10-17,33,42H,2,9,18-28H2,1H3,(H,38,41). The van der Waals surface area contributed by atoms with Crippen LogP contribution in [0.2, 0.25) is 5.02 Å². The fourth-order valence-corrected chi connectivity index (χ4v) is 7.13. The summed E-state index contributed by atoms with van der Waals surface area (Å²) in [6.45, 7) is 8.01. The number of rotatable bonds is 11. The monoisotopic (exact) mass is 587 g/mol. The highest BCUT2D eigenvalue weighted by molar-refractivity contribution is 6.30. The Kier molecular flexibility index (Phi) is 10.4. The molecule has 3 aromatic rings. The van der Waals surface area contributed by atoms with Gasteiger partial charge in [-0.1, -0.05) is 91.3 Å². The van der Waals surface area contributed by atoms with Crippen molar-refractivity contribution in [3.05, 3.63) is 107 Å². The summed E-state index contributed by atoms with van der Waals surface area (Å²) in [6, 6.07) is 29.1. The molecular weight excluding hydrogens is 542 g/mol. The summed E-state index contributed by atoms with van der Waals surface area (Å²) in [5.41, 5.74) is 2.14. The fraction of sp³-hybridized carbons (Fsp3) is 0.472. The smallest absolute Gasteiger partial charge is 0.221 e. The van der Waals surface area contributed by atoms with Crippen molar-refractivity contribution >= 4 is 17.5 Å². The molecule has 0 atom stereocenters. The SMILES string of the molecule is CCN1CCC(NC(=O)CC(CCCN2CCC(O)(c3ccc(Cl)cc3)CC2)(c2ccccc2)c2ccccc2)CC1. The molecule has 3 aromatic carbocycles. The van der Waals surface area contributed by atoms with Crippen LogP contribution in [-0.2, 0) is 15.8 Å². The fourth-order valence-electron chi connectivity index (χ4n) is 7.01. The molecule has 2 fully saturated rings. The second-order valence-electron chi connectivity index (χ2n) is 12.3. The van der Waals surface area contributed by atoms with Gasteiger partial charge in [-0.2, -0.15) is 0 Å². The van der Waals surface area contributed by atoms with Gasteiger partial charge in [-0.25, -0.2) is 0 Å². The Morgan fingerprint density at radius 3 is 2.00 bits per heavy atom. The molecule has 0 unspecified atom stereocenters. The van der Waals surface area contributed by atoms with Gasteiger partial charge in [0.2, 0.25) is 5.91 Å². The second kappa shape index (κ2) is 14.2.